The predicted molar refractivity (Wildman–Crippen MR) is 159 cm³/mol. The number of benzene rings is 2. The molecule has 214 valence electrons. The molecule has 2 aliphatic rings. The number of methoxy groups -OCH3 is 1. The third kappa shape index (κ3) is 6.19. The molecule has 5 N–H and O–H groups in total. The Balaban J connectivity index is 1.35. The van der Waals surface area contributed by atoms with Crippen molar-refractivity contribution in [2.75, 3.05) is 54.6 Å². The first-order valence-electron chi connectivity index (χ1n) is 13.7. The maximum atomic E-state index is 14.1. The Morgan fingerprint density at radius 3 is 2.65 bits per heavy atom. The van der Waals surface area contributed by atoms with Crippen molar-refractivity contribution in [2.24, 2.45) is 0 Å². The number of aromatic nitrogens is 2. The Labute approximate surface area is 239 Å². The predicted octanol–water partition coefficient (Wildman–Crippen LogP) is 5.64. The Bertz CT molecular complexity index is 1360. The van der Waals surface area contributed by atoms with Crippen LogP contribution in [0.3, 0.4) is 0 Å². The van der Waals surface area contributed by atoms with Crippen LogP contribution in [-0.4, -0.2) is 59.3 Å². The van der Waals surface area contributed by atoms with Gasteiger partial charge in [-0.25, -0.2) is 9.37 Å². The van der Waals surface area contributed by atoms with Crippen LogP contribution in [0.1, 0.15) is 45.1 Å². The maximum absolute atomic E-state index is 14.1. The van der Waals surface area contributed by atoms with Crippen molar-refractivity contribution in [3.8, 4) is 5.75 Å². The van der Waals surface area contributed by atoms with E-state index in [9.17, 15) is 9.50 Å². The topological polar surface area (TPSA) is 112 Å². The van der Waals surface area contributed by atoms with Crippen LogP contribution < -0.4 is 26.0 Å². The summed E-state index contributed by atoms with van der Waals surface area (Å²) in [4.78, 5) is 13.8. The van der Waals surface area contributed by atoms with Gasteiger partial charge in [0, 0.05) is 42.6 Å². The molecule has 0 unspecified atom stereocenters. The van der Waals surface area contributed by atoms with Crippen molar-refractivity contribution in [1.29, 1.82) is 0 Å². The largest absolute Gasteiger partial charge is 0.494 e. The van der Waals surface area contributed by atoms with Crippen LogP contribution in [0.2, 0.25) is 5.02 Å². The molecule has 40 heavy (non-hydrogen) atoms. The molecule has 9 nitrogen and oxygen atoms in total. The Kier molecular flexibility index (Phi) is 8.21. The van der Waals surface area contributed by atoms with E-state index in [1.807, 2.05) is 12.1 Å². The second-order valence-electron chi connectivity index (χ2n) is 11.0. The van der Waals surface area contributed by atoms with Gasteiger partial charge in [-0.1, -0.05) is 11.6 Å². The summed E-state index contributed by atoms with van der Waals surface area (Å²) in [5.74, 6) is 0.756. The third-order valence-electron chi connectivity index (χ3n) is 7.65. The van der Waals surface area contributed by atoms with E-state index >= 15 is 0 Å². The van der Waals surface area contributed by atoms with Gasteiger partial charge < -0.3 is 36.0 Å². The van der Waals surface area contributed by atoms with Gasteiger partial charge in [-0.05, 0) is 76.9 Å². The fourth-order valence-corrected chi connectivity index (χ4v) is 5.56. The molecule has 1 atom stereocenters. The quantitative estimate of drug-likeness (QED) is 0.230. The van der Waals surface area contributed by atoms with E-state index in [0.29, 0.717) is 46.2 Å². The van der Waals surface area contributed by atoms with Gasteiger partial charge in [-0.15, -0.1) is 0 Å². The van der Waals surface area contributed by atoms with Gasteiger partial charge in [0.2, 0.25) is 5.95 Å². The summed E-state index contributed by atoms with van der Waals surface area (Å²) in [5, 5.41) is 16.8. The molecule has 0 amide bonds. The monoisotopic (exact) mass is 569 g/mol. The van der Waals surface area contributed by atoms with Crippen molar-refractivity contribution in [1.82, 2.24) is 14.9 Å². The van der Waals surface area contributed by atoms with Crippen molar-refractivity contribution in [3.63, 3.8) is 0 Å². The van der Waals surface area contributed by atoms with E-state index in [1.54, 1.807) is 33.2 Å². The zero-order valence-electron chi connectivity index (χ0n) is 23.2. The molecule has 0 saturated carbocycles. The number of hydrogen-bond donors (Lipinski definition) is 4. The standard InChI is InChI=1S/C29H37ClFN7O2/c1-29(2,39)19-14-21(31)20(30)15-23(19)34-27-7-9-33-28(36-27)35-24-16-22(32)25(17-26(24)40-3)38-12-4-6-18(38)8-13-37-10-5-11-37/h7,9,14-18,39H,4-6,8,10-13,32H2,1-3H3,(H2,33,34,35,36)/t18-/m1/s1. The lowest BCUT2D eigenvalue weighted by atomic mass is 9.96. The minimum absolute atomic E-state index is 0.0657. The number of rotatable bonds is 10. The summed E-state index contributed by atoms with van der Waals surface area (Å²) >= 11 is 6.03. The second kappa shape index (κ2) is 11.6. The van der Waals surface area contributed by atoms with Crippen LogP contribution in [0.5, 0.6) is 5.75 Å². The zero-order valence-corrected chi connectivity index (χ0v) is 23.9. The molecule has 2 aliphatic heterocycles. The van der Waals surface area contributed by atoms with Gasteiger partial charge in [-0.3, -0.25) is 0 Å². The van der Waals surface area contributed by atoms with Crippen molar-refractivity contribution >= 4 is 46.1 Å². The summed E-state index contributed by atoms with van der Waals surface area (Å²) in [6, 6.07) is 8.62. The second-order valence-corrected chi connectivity index (χ2v) is 11.4. The Morgan fingerprint density at radius 1 is 1.15 bits per heavy atom. The average molecular weight is 570 g/mol. The van der Waals surface area contributed by atoms with Crippen LogP contribution in [-0.2, 0) is 5.60 Å². The molecular formula is C29H37ClFN7O2. The third-order valence-corrected chi connectivity index (χ3v) is 7.94. The number of ether oxygens (including phenoxy) is 1. The SMILES string of the molecule is COc1cc(N2CCC[C@@H]2CCN2CCC2)c(N)cc1Nc1nccc(Nc2cc(Cl)c(F)cc2C(C)(C)O)n1. The van der Waals surface area contributed by atoms with Gasteiger partial charge in [0.25, 0.3) is 0 Å². The van der Waals surface area contributed by atoms with Crippen LogP contribution in [0.4, 0.5) is 38.9 Å². The van der Waals surface area contributed by atoms with Crippen LogP contribution in [0.25, 0.3) is 0 Å². The number of hydrogen-bond acceptors (Lipinski definition) is 9. The normalized spacial score (nSPS) is 17.6. The Hall–Kier alpha value is -3.34. The summed E-state index contributed by atoms with van der Waals surface area (Å²) in [6.07, 6.45) is 6.33. The molecule has 2 fully saturated rings. The highest BCUT2D eigenvalue weighted by atomic mass is 35.5. The van der Waals surface area contributed by atoms with Gasteiger partial charge in [0.15, 0.2) is 0 Å². The molecule has 2 saturated heterocycles. The van der Waals surface area contributed by atoms with Crippen LogP contribution >= 0.6 is 11.6 Å². The summed E-state index contributed by atoms with van der Waals surface area (Å²) in [6.45, 7) is 7.67. The Morgan fingerprint density at radius 2 is 1.95 bits per heavy atom. The van der Waals surface area contributed by atoms with E-state index in [-0.39, 0.29) is 5.02 Å². The van der Waals surface area contributed by atoms with E-state index in [2.05, 4.69) is 30.4 Å². The van der Waals surface area contributed by atoms with Crippen molar-refractivity contribution in [2.45, 2.75) is 51.2 Å². The number of nitrogens with one attached hydrogen (secondary N) is 2. The number of nitrogens with zero attached hydrogens (tertiary/aromatic N) is 4. The summed E-state index contributed by atoms with van der Waals surface area (Å²) in [5.41, 5.74) is 8.33. The molecule has 3 heterocycles. The van der Waals surface area contributed by atoms with Gasteiger partial charge >= 0.3 is 0 Å². The molecule has 0 aliphatic carbocycles. The molecule has 0 radical (unpaired) electrons. The number of nitrogen functional groups attached to an aromatic ring is 1. The lowest BCUT2D eigenvalue weighted by Gasteiger charge is -2.34. The fraction of sp³-hybridized carbons (Fsp3) is 0.448. The fourth-order valence-electron chi connectivity index (χ4n) is 5.39. The summed E-state index contributed by atoms with van der Waals surface area (Å²) in [7, 11) is 1.63. The van der Waals surface area contributed by atoms with E-state index < -0.39 is 11.4 Å². The van der Waals surface area contributed by atoms with Gasteiger partial charge in [0.05, 0.1) is 34.8 Å². The van der Waals surface area contributed by atoms with Gasteiger partial charge in [-0.2, -0.15) is 4.98 Å². The van der Waals surface area contributed by atoms with E-state index in [4.69, 9.17) is 22.1 Å². The molecule has 11 heteroatoms. The number of aliphatic hydroxyl groups is 1. The molecule has 0 spiro atoms. The first kappa shape index (κ1) is 28.2. The minimum atomic E-state index is -1.31. The first-order chi connectivity index (χ1) is 19.1. The van der Waals surface area contributed by atoms with Crippen molar-refractivity contribution in [3.05, 3.63) is 52.9 Å². The smallest absolute Gasteiger partial charge is 0.229 e. The minimum Gasteiger partial charge on any atom is -0.494 e. The highest BCUT2D eigenvalue weighted by Crippen LogP contribution is 2.40. The number of likely N-dealkylation sites (tertiary alicyclic amines) is 1. The molecule has 0 bridgehead atoms. The van der Waals surface area contributed by atoms with Crippen molar-refractivity contribution < 1.29 is 14.2 Å². The van der Waals surface area contributed by atoms with Crippen LogP contribution in [0.15, 0.2) is 36.5 Å². The van der Waals surface area contributed by atoms with Crippen LogP contribution in [0, 0.1) is 5.82 Å². The summed E-state index contributed by atoms with van der Waals surface area (Å²) < 4.78 is 19.9. The lowest BCUT2D eigenvalue weighted by molar-refractivity contribution is 0.0790. The number of halogens is 2. The molecule has 5 rings (SSSR count). The molecule has 2 aromatic carbocycles. The highest BCUT2D eigenvalue weighted by molar-refractivity contribution is 6.31. The van der Waals surface area contributed by atoms with Gasteiger partial charge in [0.1, 0.15) is 17.4 Å². The number of anilines is 6. The lowest BCUT2D eigenvalue weighted by Crippen LogP contribution is -2.40. The molecular weight excluding hydrogens is 533 g/mol. The maximum Gasteiger partial charge on any atom is 0.229 e. The highest BCUT2D eigenvalue weighted by Gasteiger charge is 2.28. The molecule has 1 aromatic heterocycles. The number of nitrogens with two attached hydrogens (primary N) is 1. The van der Waals surface area contributed by atoms with E-state index in [0.717, 1.165) is 38.0 Å². The molecule has 3 aromatic rings. The zero-order chi connectivity index (χ0) is 28.4. The van der Waals surface area contributed by atoms with E-state index in [1.165, 1.54) is 31.6 Å². The average Bonchev–Trinajstić information content (AvgIpc) is 3.33. The first-order valence-corrected chi connectivity index (χ1v) is 14.1.